The maximum Gasteiger partial charge on any atom is 0.133 e. The first-order chi connectivity index (χ1) is 9.56. The van der Waals surface area contributed by atoms with Crippen molar-refractivity contribution in [1.82, 2.24) is 5.32 Å². The average molecular weight is 338 g/mol. The third kappa shape index (κ3) is 3.07. The van der Waals surface area contributed by atoms with Gasteiger partial charge in [0.05, 0.1) is 17.1 Å². The minimum absolute atomic E-state index is 0.111. The van der Waals surface area contributed by atoms with E-state index in [9.17, 15) is 0 Å². The van der Waals surface area contributed by atoms with Crippen molar-refractivity contribution in [1.29, 1.82) is 0 Å². The van der Waals surface area contributed by atoms with Gasteiger partial charge in [0, 0.05) is 5.56 Å². The van der Waals surface area contributed by atoms with Gasteiger partial charge in [-0.1, -0.05) is 6.07 Å². The van der Waals surface area contributed by atoms with Crippen molar-refractivity contribution in [2.24, 2.45) is 0 Å². The van der Waals surface area contributed by atoms with Crippen LogP contribution in [0.25, 0.3) is 0 Å². The van der Waals surface area contributed by atoms with Gasteiger partial charge < -0.3 is 14.5 Å². The molecule has 1 aromatic carbocycles. The number of hydrogen-bond donors (Lipinski definition) is 1. The molecule has 0 amide bonds. The maximum absolute atomic E-state index is 5.63. The first-order valence-electron chi connectivity index (χ1n) is 6.73. The summed E-state index contributed by atoms with van der Waals surface area (Å²) in [6, 6.07) is 8.36. The van der Waals surface area contributed by atoms with Crippen LogP contribution in [0.3, 0.4) is 0 Å². The maximum atomic E-state index is 5.63. The molecule has 1 heterocycles. The second-order valence-electron chi connectivity index (χ2n) is 4.71. The molecule has 20 heavy (non-hydrogen) atoms. The third-order valence-electron chi connectivity index (χ3n) is 3.27. The van der Waals surface area contributed by atoms with Crippen LogP contribution in [0.15, 0.2) is 33.2 Å². The minimum Gasteiger partial charge on any atom is -0.493 e. The molecule has 0 fully saturated rings. The molecule has 2 rings (SSSR count). The molecule has 0 aliphatic carbocycles. The summed E-state index contributed by atoms with van der Waals surface area (Å²) in [6.07, 6.45) is 0. The zero-order chi connectivity index (χ0) is 14.7. The van der Waals surface area contributed by atoms with Gasteiger partial charge in [-0.15, -0.1) is 0 Å². The van der Waals surface area contributed by atoms with Crippen molar-refractivity contribution in [3.05, 3.63) is 51.4 Å². The zero-order valence-corrected chi connectivity index (χ0v) is 13.9. The van der Waals surface area contributed by atoms with E-state index in [0.717, 1.165) is 21.7 Å². The van der Waals surface area contributed by atoms with E-state index in [2.05, 4.69) is 39.4 Å². The van der Waals surface area contributed by atoms with Crippen LogP contribution in [0.5, 0.6) is 5.75 Å². The fraction of sp³-hybridized carbons (Fsp3) is 0.375. The Morgan fingerprint density at radius 2 is 2.05 bits per heavy atom. The van der Waals surface area contributed by atoms with Crippen LogP contribution in [0.4, 0.5) is 0 Å². The number of benzene rings is 1. The van der Waals surface area contributed by atoms with Crippen LogP contribution >= 0.6 is 15.9 Å². The van der Waals surface area contributed by atoms with Gasteiger partial charge in [-0.3, -0.25) is 0 Å². The molecule has 1 unspecified atom stereocenters. The molecule has 0 radical (unpaired) electrons. The largest absolute Gasteiger partial charge is 0.493 e. The quantitative estimate of drug-likeness (QED) is 0.879. The molecule has 4 heteroatoms. The molecule has 0 saturated heterocycles. The highest BCUT2D eigenvalue weighted by Crippen LogP contribution is 2.32. The standard InChI is InChI=1S/C16H20BrNO2/c1-5-19-15-7-6-12(9-14(15)17)16(18-4)13-8-10(2)20-11(13)3/h6-9,16,18H,5H2,1-4H3. The van der Waals surface area contributed by atoms with E-state index in [4.69, 9.17) is 9.15 Å². The Labute approximate surface area is 128 Å². The Morgan fingerprint density at radius 1 is 1.30 bits per heavy atom. The predicted octanol–water partition coefficient (Wildman–Crippen LogP) is 4.37. The lowest BCUT2D eigenvalue weighted by Crippen LogP contribution is -2.18. The Balaban J connectivity index is 2.37. The zero-order valence-electron chi connectivity index (χ0n) is 12.3. The van der Waals surface area contributed by atoms with Gasteiger partial charge in [-0.25, -0.2) is 0 Å². The third-order valence-corrected chi connectivity index (χ3v) is 3.89. The van der Waals surface area contributed by atoms with Crippen molar-refractivity contribution in [3.63, 3.8) is 0 Å². The minimum atomic E-state index is 0.111. The first kappa shape index (κ1) is 15.1. The van der Waals surface area contributed by atoms with Gasteiger partial charge in [-0.2, -0.15) is 0 Å². The van der Waals surface area contributed by atoms with Crippen LogP contribution in [0, 0.1) is 13.8 Å². The lowest BCUT2D eigenvalue weighted by Gasteiger charge is -2.17. The molecule has 108 valence electrons. The Morgan fingerprint density at radius 3 is 2.55 bits per heavy atom. The van der Waals surface area contributed by atoms with Gasteiger partial charge >= 0.3 is 0 Å². The molecule has 1 N–H and O–H groups in total. The van der Waals surface area contributed by atoms with E-state index in [-0.39, 0.29) is 6.04 Å². The van der Waals surface area contributed by atoms with E-state index in [1.807, 2.05) is 33.9 Å². The number of ether oxygens (including phenoxy) is 1. The Kier molecular flexibility index (Phi) is 4.89. The average Bonchev–Trinajstić information content (AvgIpc) is 2.73. The molecule has 0 saturated carbocycles. The monoisotopic (exact) mass is 337 g/mol. The molecule has 2 aromatic rings. The fourth-order valence-electron chi connectivity index (χ4n) is 2.41. The fourth-order valence-corrected chi connectivity index (χ4v) is 2.92. The number of rotatable bonds is 5. The second-order valence-corrected chi connectivity index (χ2v) is 5.57. The van der Waals surface area contributed by atoms with E-state index >= 15 is 0 Å². The molecular weight excluding hydrogens is 318 g/mol. The lowest BCUT2D eigenvalue weighted by atomic mass is 9.99. The SMILES string of the molecule is CCOc1ccc(C(NC)c2cc(C)oc2C)cc1Br. The number of hydrogen-bond acceptors (Lipinski definition) is 3. The first-order valence-corrected chi connectivity index (χ1v) is 7.52. The normalized spacial score (nSPS) is 12.4. The summed E-state index contributed by atoms with van der Waals surface area (Å²) < 4.78 is 12.2. The Hall–Kier alpha value is -1.26. The number of halogens is 1. The van der Waals surface area contributed by atoms with Crippen LogP contribution in [-0.2, 0) is 0 Å². The molecule has 1 atom stereocenters. The molecule has 0 aliphatic heterocycles. The van der Waals surface area contributed by atoms with Crippen molar-refractivity contribution in [2.75, 3.05) is 13.7 Å². The van der Waals surface area contributed by atoms with E-state index in [1.54, 1.807) is 0 Å². The van der Waals surface area contributed by atoms with E-state index in [1.165, 1.54) is 11.1 Å². The highest BCUT2D eigenvalue weighted by Gasteiger charge is 2.18. The molecular formula is C16H20BrNO2. The van der Waals surface area contributed by atoms with Gasteiger partial charge in [0.15, 0.2) is 0 Å². The predicted molar refractivity (Wildman–Crippen MR) is 84.4 cm³/mol. The van der Waals surface area contributed by atoms with Crippen LogP contribution in [0.2, 0.25) is 0 Å². The summed E-state index contributed by atoms with van der Waals surface area (Å²) >= 11 is 3.57. The Bertz CT molecular complexity index is 592. The molecule has 0 bridgehead atoms. The van der Waals surface area contributed by atoms with Gasteiger partial charge in [0.2, 0.25) is 0 Å². The highest BCUT2D eigenvalue weighted by molar-refractivity contribution is 9.10. The van der Waals surface area contributed by atoms with E-state index < -0.39 is 0 Å². The molecule has 1 aromatic heterocycles. The summed E-state index contributed by atoms with van der Waals surface area (Å²) in [4.78, 5) is 0. The van der Waals surface area contributed by atoms with Gasteiger partial charge in [0.1, 0.15) is 17.3 Å². The lowest BCUT2D eigenvalue weighted by molar-refractivity contribution is 0.338. The number of furan rings is 1. The van der Waals surface area contributed by atoms with E-state index in [0.29, 0.717) is 6.61 Å². The molecule has 0 spiro atoms. The topological polar surface area (TPSA) is 34.4 Å². The van der Waals surface area contributed by atoms with Gasteiger partial charge in [0.25, 0.3) is 0 Å². The summed E-state index contributed by atoms with van der Waals surface area (Å²) in [5, 5.41) is 3.35. The van der Waals surface area contributed by atoms with Crippen molar-refractivity contribution < 1.29 is 9.15 Å². The second kappa shape index (κ2) is 6.46. The summed E-state index contributed by atoms with van der Waals surface area (Å²) in [5.41, 5.74) is 2.34. The number of nitrogens with one attached hydrogen (secondary N) is 1. The van der Waals surface area contributed by atoms with Gasteiger partial charge in [-0.05, 0) is 67.5 Å². The summed E-state index contributed by atoms with van der Waals surface area (Å²) in [6.45, 7) is 6.61. The van der Waals surface area contributed by atoms with Crippen LogP contribution in [0.1, 0.15) is 35.6 Å². The van der Waals surface area contributed by atoms with Crippen LogP contribution < -0.4 is 10.1 Å². The van der Waals surface area contributed by atoms with Crippen molar-refractivity contribution in [2.45, 2.75) is 26.8 Å². The molecule has 0 aliphatic rings. The summed E-state index contributed by atoms with van der Waals surface area (Å²) in [5.74, 6) is 2.75. The van der Waals surface area contributed by atoms with Crippen LogP contribution in [-0.4, -0.2) is 13.7 Å². The summed E-state index contributed by atoms with van der Waals surface area (Å²) in [7, 11) is 1.96. The highest BCUT2D eigenvalue weighted by atomic mass is 79.9. The van der Waals surface area contributed by atoms with Crippen molar-refractivity contribution >= 4 is 15.9 Å². The smallest absolute Gasteiger partial charge is 0.133 e. The number of aryl methyl sites for hydroxylation is 2. The van der Waals surface area contributed by atoms with Crippen molar-refractivity contribution in [3.8, 4) is 5.75 Å². The molecule has 3 nitrogen and oxygen atoms in total.